The second-order valence-corrected chi connectivity index (χ2v) is 8.68. The summed E-state index contributed by atoms with van der Waals surface area (Å²) in [5, 5.41) is 0. The predicted octanol–water partition coefficient (Wildman–Crippen LogP) is 0.495. The van der Waals surface area contributed by atoms with Crippen LogP contribution in [0.15, 0.2) is 48.5 Å². The Labute approximate surface area is 229 Å². The van der Waals surface area contributed by atoms with E-state index in [1.807, 2.05) is 43.3 Å². The van der Waals surface area contributed by atoms with E-state index >= 15 is 0 Å². The van der Waals surface area contributed by atoms with E-state index in [2.05, 4.69) is 27.6 Å². The zero-order valence-electron chi connectivity index (χ0n) is 21.4. The highest BCUT2D eigenvalue weighted by molar-refractivity contribution is 6.03. The number of carbonyl (C=O) groups is 4. The average Bonchev–Trinajstić information content (AvgIpc) is 3.47. The standard InChI is InChI=1S/C14H13NO2.C9H9NO.C5H8O3.CH4.ClH/c1-8-12(14(16)17-2)13-10-6-4-3-5-9(10)7-11(13)15-8;10-8-5-6-3-1-2-4-7(6)9(8)11;1-4(6)3-5(7)8-2;;/h3-6,15H,7H2,1-2H3;1-4,8H,5,10H2;3H2,1-2H3;1H4;1H. The quantitative estimate of drug-likeness (QED) is 0.286. The van der Waals surface area contributed by atoms with Gasteiger partial charge in [0.25, 0.3) is 0 Å². The number of ketones is 2. The lowest BCUT2D eigenvalue weighted by Gasteiger charge is -2.03. The number of methoxy groups -OCH3 is 2. The minimum absolute atomic E-state index is 0. The summed E-state index contributed by atoms with van der Waals surface area (Å²) in [6, 6.07) is 15.9. The van der Waals surface area contributed by atoms with Crippen molar-refractivity contribution in [2.24, 2.45) is 0 Å². The van der Waals surface area contributed by atoms with Gasteiger partial charge in [0, 0.05) is 35.4 Å². The summed E-state index contributed by atoms with van der Waals surface area (Å²) < 4.78 is 9.06. The largest absolute Gasteiger partial charge is 1.00 e. The Morgan fingerprint density at radius 3 is 2.08 bits per heavy atom. The predicted molar refractivity (Wildman–Crippen MR) is 140 cm³/mol. The topological polar surface area (TPSA) is 130 Å². The third-order valence-electron chi connectivity index (χ3n) is 6.05. The van der Waals surface area contributed by atoms with E-state index in [-0.39, 0.29) is 49.8 Å². The van der Waals surface area contributed by atoms with Crippen molar-refractivity contribution in [1.82, 2.24) is 4.98 Å². The molecule has 1 atom stereocenters. The molecule has 0 saturated carbocycles. The molecule has 38 heavy (non-hydrogen) atoms. The number of carbonyl (C=O) groups excluding carboxylic acids is 4. The van der Waals surface area contributed by atoms with Crippen LogP contribution in [-0.2, 0) is 31.9 Å². The van der Waals surface area contributed by atoms with Crippen LogP contribution < -0.4 is 18.1 Å². The van der Waals surface area contributed by atoms with Crippen molar-refractivity contribution in [3.63, 3.8) is 0 Å². The molecule has 0 fully saturated rings. The number of Topliss-reactive ketones (excluding diaryl/α,β-unsaturated/α-hetero) is 2. The zero-order chi connectivity index (χ0) is 26.4. The van der Waals surface area contributed by atoms with Gasteiger partial charge in [0.2, 0.25) is 5.78 Å². The molecule has 0 spiro atoms. The molecule has 3 aromatic rings. The number of ether oxygens (including phenoxy) is 2. The second-order valence-electron chi connectivity index (χ2n) is 8.68. The van der Waals surface area contributed by atoms with Crippen LogP contribution in [0.2, 0.25) is 0 Å². The molecule has 0 radical (unpaired) electrons. The average molecular weight is 543 g/mol. The number of aromatic amines is 1. The summed E-state index contributed by atoms with van der Waals surface area (Å²) in [6.45, 7) is 3.25. The number of halogens is 1. The molecular weight excluding hydrogens is 508 g/mol. The lowest BCUT2D eigenvalue weighted by atomic mass is 10.0. The number of quaternary nitrogens is 1. The summed E-state index contributed by atoms with van der Waals surface area (Å²) in [6.07, 6.45) is 1.56. The van der Waals surface area contributed by atoms with E-state index in [1.165, 1.54) is 26.7 Å². The molecule has 0 amide bonds. The maximum absolute atomic E-state index is 11.8. The smallest absolute Gasteiger partial charge is 0.340 e. The Morgan fingerprint density at radius 1 is 0.974 bits per heavy atom. The maximum atomic E-state index is 11.8. The van der Waals surface area contributed by atoms with Crippen molar-refractivity contribution in [1.29, 1.82) is 0 Å². The van der Waals surface area contributed by atoms with Crippen LogP contribution in [0.1, 0.15) is 64.0 Å². The molecule has 0 bridgehead atoms. The van der Waals surface area contributed by atoms with Crippen LogP contribution in [0.5, 0.6) is 0 Å². The van der Waals surface area contributed by atoms with E-state index in [0.717, 1.165) is 46.5 Å². The van der Waals surface area contributed by atoms with Crippen molar-refractivity contribution >= 4 is 23.5 Å². The molecule has 204 valence electrons. The normalized spacial score (nSPS) is 13.5. The molecule has 2 aliphatic rings. The lowest BCUT2D eigenvalue weighted by Crippen LogP contribution is -3.00. The molecule has 4 N–H and O–H groups in total. The monoisotopic (exact) mass is 542 g/mol. The Kier molecular flexibility index (Phi) is 12.1. The second kappa shape index (κ2) is 14.3. The van der Waals surface area contributed by atoms with E-state index in [1.54, 1.807) is 0 Å². The van der Waals surface area contributed by atoms with Gasteiger partial charge >= 0.3 is 11.9 Å². The van der Waals surface area contributed by atoms with Gasteiger partial charge in [0.1, 0.15) is 12.2 Å². The van der Waals surface area contributed by atoms with Gasteiger partial charge in [0.15, 0.2) is 6.04 Å². The third kappa shape index (κ3) is 7.18. The molecule has 1 unspecified atom stereocenters. The first kappa shape index (κ1) is 32.3. The minimum Gasteiger partial charge on any atom is -1.00 e. The summed E-state index contributed by atoms with van der Waals surface area (Å²) in [5.74, 6) is -0.716. The van der Waals surface area contributed by atoms with Crippen molar-refractivity contribution in [2.75, 3.05) is 14.2 Å². The summed E-state index contributed by atoms with van der Waals surface area (Å²) in [7, 11) is 2.67. The molecule has 5 rings (SSSR count). The Balaban J connectivity index is 0.000000301. The van der Waals surface area contributed by atoms with Gasteiger partial charge in [-0.05, 0) is 30.5 Å². The third-order valence-corrected chi connectivity index (χ3v) is 6.05. The van der Waals surface area contributed by atoms with E-state index < -0.39 is 5.97 Å². The van der Waals surface area contributed by atoms with Crippen molar-refractivity contribution in [2.45, 2.75) is 46.6 Å². The van der Waals surface area contributed by atoms with Crippen molar-refractivity contribution in [3.05, 3.63) is 82.2 Å². The minimum atomic E-state index is -0.475. The molecule has 8 nitrogen and oxygen atoms in total. The fourth-order valence-electron chi connectivity index (χ4n) is 4.38. The fraction of sp³-hybridized carbons (Fsp3) is 0.310. The number of hydrogen-bond acceptors (Lipinski definition) is 6. The molecule has 2 aromatic carbocycles. The van der Waals surface area contributed by atoms with Gasteiger partial charge < -0.3 is 32.6 Å². The Morgan fingerprint density at radius 2 is 1.55 bits per heavy atom. The number of aryl methyl sites for hydroxylation is 1. The van der Waals surface area contributed by atoms with Gasteiger partial charge in [-0.3, -0.25) is 14.4 Å². The van der Waals surface area contributed by atoms with E-state index in [9.17, 15) is 19.2 Å². The first-order chi connectivity index (χ1) is 17.2. The molecule has 9 heteroatoms. The Bertz CT molecular complexity index is 1310. The van der Waals surface area contributed by atoms with Crippen molar-refractivity contribution < 1.29 is 46.8 Å². The van der Waals surface area contributed by atoms with Gasteiger partial charge in [0.05, 0.1) is 19.8 Å². The molecule has 1 aromatic heterocycles. The van der Waals surface area contributed by atoms with Gasteiger partial charge in [-0.1, -0.05) is 56.0 Å². The highest BCUT2D eigenvalue weighted by Crippen LogP contribution is 2.40. The fourth-order valence-corrected chi connectivity index (χ4v) is 4.38. The number of nitrogens with one attached hydrogen (secondary N) is 1. The highest BCUT2D eigenvalue weighted by atomic mass is 35.5. The molecule has 2 aliphatic carbocycles. The number of rotatable bonds is 3. The number of hydrogen-bond donors (Lipinski definition) is 2. The maximum Gasteiger partial charge on any atom is 0.340 e. The van der Waals surface area contributed by atoms with Crippen LogP contribution in [0.3, 0.4) is 0 Å². The van der Waals surface area contributed by atoms with Crippen LogP contribution in [0.4, 0.5) is 0 Å². The first-order valence-electron chi connectivity index (χ1n) is 11.6. The highest BCUT2D eigenvalue weighted by Gasteiger charge is 2.30. The molecular formula is C29H35ClN2O6. The first-order valence-corrected chi connectivity index (χ1v) is 11.6. The van der Waals surface area contributed by atoms with Crippen LogP contribution in [0, 0.1) is 6.92 Å². The van der Waals surface area contributed by atoms with E-state index in [4.69, 9.17) is 4.74 Å². The molecule has 0 saturated heterocycles. The van der Waals surface area contributed by atoms with Gasteiger partial charge in [-0.25, -0.2) is 4.79 Å². The van der Waals surface area contributed by atoms with Crippen LogP contribution >= 0.6 is 0 Å². The summed E-state index contributed by atoms with van der Waals surface area (Å²) in [4.78, 5) is 46.7. The van der Waals surface area contributed by atoms with E-state index in [0.29, 0.717) is 5.56 Å². The number of H-pyrrole nitrogens is 1. The lowest BCUT2D eigenvalue weighted by molar-refractivity contribution is -0.396. The number of fused-ring (bicyclic) bond motifs is 4. The van der Waals surface area contributed by atoms with Crippen LogP contribution in [0.25, 0.3) is 11.1 Å². The number of esters is 2. The summed E-state index contributed by atoms with van der Waals surface area (Å²) >= 11 is 0. The Hall–Kier alpha value is -3.75. The van der Waals surface area contributed by atoms with Gasteiger partial charge in [-0.15, -0.1) is 0 Å². The number of aromatic nitrogens is 1. The summed E-state index contributed by atoms with van der Waals surface area (Å²) in [5.41, 5.74) is 11.9. The van der Waals surface area contributed by atoms with Crippen LogP contribution in [-0.4, -0.2) is 48.8 Å². The molecule has 1 heterocycles. The van der Waals surface area contributed by atoms with Crippen molar-refractivity contribution in [3.8, 4) is 11.1 Å². The number of benzene rings is 2. The molecule has 0 aliphatic heterocycles. The van der Waals surface area contributed by atoms with Gasteiger partial charge in [-0.2, -0.15) is 0 Å². The SMILES string of the molecule is C.COC(=O)CC(C)=O.COC(=O)c1c(C)[nH]c2c1-c1ccccc1C2.[Cl-].[NH3+]C1Cc2ccccc2C1=O. The zero-order valence-corrected chi connectivity index (χ0v) is 22.1.